The van der Waals surface area contributed by atoms with Gasteiger partial charge >= 0.3 is 0 Å². The van der Waals surface area contributed by atoms with Gasteiger partial charge in [-0.25, -0.2) is 9.29 Å². The van der Waals surface area contributed by atoms with Crippen LogP contribution in [0.3, 0.4) is 0 Å². The predicted octanol–water partition coefficient (Wildman–Crippen LogP) is 4.79. The van der Waals surface area contributed by atoms with Crippen molar-refractivity contribution in [2.75, 3.05) is 22.6 Å². The van der Waals surface area contributed by atoms with E-state index in [1.165, 1.54) is 42.0 Å². The first-order valence-electron chi connectivity index (χ1n) is 10.7. The van der Waals surface area contributed by atoms with Gasteiger partial charge in [-0.3, -0.25) is 14.4 Å². The molecule has 3 rings (SSSR count). The SMILES string of the molecule is CCCCCCOc1ccc(N2C(=O)C[C@H](SCC(=O)Nc3ccc(F)cc3)C2=O)cc1. The van der Waals surface area contributed by atoms with Crippen molar-refractivity contribution in [3.8, 4) is 5.75 Å². The highest BCUT2D eigenvalue weighted by atomic mass is 32.2. The average Bonchev–Trinajstić information content (AvgIpc) is 3.07. The number of anilines is 2. The van der Waals surface area contributed by atoms with Crippen LogP contribution in [0.15, 0.2) is 48.5 Å². The number of hydrogen-bond acceptors (Lipinski definition) is 5. The molecule has 1 aliphatic rings. The molecule has 170 valence electrons. The summed E-state index contributed by atoms with van der Waals surface area (Å²) in [4.78, 5) is 38.5. The summed E-state index contributed by atoms with van der Waals surface area (Å²) >= 11 is 1.12. The number of carbonyl (C=O) groups excluding carboxylic acids is 3. The maximum absolute atomic E-state index is 13.0. The normalized spacial score (nSPS) is 15.8. The molecule has 1 saturated heterocycles. The lowest BCUT2D eigenvalue weighted by Crippen LogP contribution is -2.31. The summed E-state index contributed by atoms with van der Waals surface area (Å²) in [7, 11) is 0. The Morgan fingerprint density at radius 1 is 1.09 bits per heavy atom. The fourth-order valence-electron chi connectivity index (χ4n) is 3.32. The molecule has 0 unspecified atom stereocenters. The van der Waals surface area contributed by atoms with Gasteiger partial charge in [0.25, 0.3) is 0 Å². The van der Waals surface area contributed by atoms with E-state index in [-0.39, 0.29) is 35.7 Å². The Morgan fingerprint density at radius 3 is 2.50 bits per heavy atom. The average molecular weight is 459 g/mol. The van der Waals surface area contributed by atoms with E-state index in [1.54, 1.807) is 24.3 Å². The van der Waals surface area contributed by atoms with Gasteiger partial charge in [-0.05, 0) is 55.0 Å². The van der Waals surface area contributed by atoms with Gasteiger partial charge in [0.1, 0.15) is 11.6 Å². The lowest BCUT2D eigenvalue weighted by Gasteiger charge is -2.15. The predicted molar refractivity (Wildman–Crippen MR) is 124 cm³/mol. The van der Waals surface area contributed by atoms with Gasteiger partial charge in [-0.1, -0.05) is 26.2 Å². The number of carbonyl (C=O) groups is 3. The van der Waals surface area contributed by atoms with E-state index >= 15 is 0 Å². The Morgan fingerprint density at radius 2 is 1.81 bits per heavy atom. The Bertz CT molecular complexity index is 934. The van der Waals surface area contributed by atoms with Crippen LogP contribution in [0.2, 0.25) is 0 Å². The molecule has 3 amide bonds. The second kappa shape index (κ2) is 11.7. The second-order valence-electron chi connectivity index (χ2n) is 7.53. The number of unbranched alkanes of at least 4 members (excludes halogenated alkanes) is 3. The first-order valence-corrected chi connectivity index (χ1v) is 11.8. The number of halogens is 1. The quantitative estimate of drug-likeness (QED) is 0.387. The number of nitrogens with one attached hydrogen (secondary N) is 1. The van der Waals surface area contributed by atoms with E-state index in [0.29, 0.717) is 23.7 Å². The summed E-state index contributed by atoms with van der Waals surface area (Å²) in [5, 5.41) is 2.03. The molecule has 0 aromatic heterocycles. The van der Waals surface area contributed by atoms with Crippen LogP contribution in [0, 0.1) is 5.82 Å². The zero-order chi connectivity index (χ0) is 22.9. The van der Waals surface area contributed by atoms with Gasteiger partial charge in [0.2, 0.25) is 17.7 Å². The van der Waals surface area contributed by atoms with Crippen molar-refractivity contribution in [1.29, 1.82) is 0 Å². The van der Waals surface area contributed by atoms with Crippen molar-refractivity contribution in [2.45, 2.75) is 44.3 Å². The lowest BCUT2D eigenvalue weighted by molar-refractivity contribution is -0.121. The van der Waals surface area contributed by atoms with E-state index in [9.17, 15) is 18.8 Å². The van der Waals surface area contributed by atoms with E-state index in [0.717, 1.165) is 24.6 Å². The second-order valence-corrected chi connectivity index (χ2v) is 8.72. The fraction of sp³-hybridized carbons (Fsp3) is 0.375. The van der Waals surface area contributed by atoms with Gasteiger partial charge in [-0.2, -0.15) is 0 Å². The Balaban J connectivity index is 1.49. The van der Waals surface area contributed by atoms with E-state index in [1.807, 2.05) is 0 Å². The van der Waals surface area contributed by atoms with Gasteiger partial charge in [-0.15, -0.1) is 11.8 Å². The molecule has 0 spiro atoms. The number of rotatable bonds is 11. The molecule has 2 aromatic rings. The molecule has 1 atom stereocenters. The Hall–Kier alpha value is -2.87. The van der Waals surface area contributed by atoms with E-state index in [2.05, 4.69) is 12.2 Å². The molecular formula is C24H27FN2O4S. The summed E-state index contributed by atoms with van der Waals surface area (Å²) in [6.45, 7) is 2.80. The third-order valence-corrected chi connectivity index (χ3v) is 6.21. The molecule has 0 saturated carbocycles. The molecule has 32 heavy (non-hydrogen) atoms. The maximum atomic E-state index is 13.0. The molecule has 0 bridgehead atoms. The van der Waals surface area contributed by atoms with Crippen LogP contribution < -0.4 is 15.0 Å². The zero-order valence-corrected chi connectivity index (χ0v) is 18.8. The molecule has 1 aliphatic heterocycles. The molecule has 2 aromatic carbocycles. The summed E-state index contributed by atoms with van der Waals surface area (Å²) in [5.74, 6) is -0.616. The number of benzene rings is 2. The zero-order valence-electron chi connectivity index (χ0n) is 18.0. The molecular weight excluding hydrogens is 431 g/mol. The van der Waals surface area contributed by atoms with Crippen molar-refractivity contribution in [3.63, 3.8) is 0 Å². The topological polar surface area (TPSA) is 75.7 Å². The third kappa shape index (κ3) is 6.56. The van der Waals surface area contributed by atoms with Crippen molar-refractivity contribution in [2.24, 2.45) is 0 Å². The van der Waals surface area contributed by atoms with Crippen LogP contribution in [-0.2, 0) is 14.4 Å². The van der Waals surface area contributed by atoms with Crippen LogP contribution >= 0.6 is 11.8 Å². The smallest absolute Gasteiger partial charge is 0.247 e. The van der Waals surface area contributed by atoms with E-state index in [4.69, 9.17) is 4.74 Å². The summed E-state index contributed by atoms with van der Waals surface area (Å²) in [6.07, 6.45) is 4.53. The molecule has 8 heteroatoms. The minimum absolute atomic E-state index is 0.0136. The first-order chi connectivity index (χ1) is 15.5. The Kier molecular flexibility index (Phi) is 8.67. The summed E-state index contributed by atoms with van der Waals surface area (Å²) in [5.41, 5.74) is 0.970. The monoisotopic (exact) mass is 458 g/mol. The van der Waals surface area contributed by atoms with Crippen LogP contribution in [-0.4, -0.2) is 35.3 Å². The number of nitrogens with zero attached hydrogens (tertiary/aromatic N) is 1. The van der Waals surface area contributed by atoms with Gasteiger partial charge in [0.05, 0.1) is 23.3 Å². The van der Waals surface area contributed by atoms with Gasteiger partial charge in [0, 0.05) is 12.1 Å². The first kappa shape index (κ1) is 23.8. The molecule has 1 N–H and O–H groups in total. The van der Waals surface area contributed by atoms with Crippen LogP contribution in [0.5, 0.6) is 5.75 Å². The van der Waals surface area contributed by atoms with Gasteiger partial charge < -0.3 is 10.1 Å². The molecule has 1 fully saturated rings. The van der Waals surface area contributed by atoms with Crippen molar-refractivity contribution in [3.05, 3.63) is 54.3 Å². The molecule has 0 aliphatic carbocycles. The summed E-state index contributed by atoms with van der Waals surface area (Å²) < 4.78 is 18.7. The fourth-order valence-corrected chi connectivity index (χ4v) is 4.26. The Labute approximate surface area is 191 Å². The summed E-state index contributed by atoms with van der Waals surface area (Å²) in [6, 6.07) is 12.3. The number of imide groups is 1. The minimum atomic E-state index is -0.615. The highest BCUT2D eigenvalue weighted by molar-refractivity contribution is 8.01. The number of hydrogen-bond donors (Lipinski definition) is 1. The van der Waals surface area contributed by atoms with Crippen LogP contribution in [0.4, 0.5) is 15.8 Å². The van der Waals surface area contributed by atoms with Crippen molar-refractivity contribution < 1.29 is 23.5 Å². The molecule has 0 radical (unpaired) electrons. The minimum Gasteiger partial charge on any atom is -0.494 e. The van der Waals surface area contributed by atoms with E-state index < -0.39 is 5.25 Å². The highest BCUT2D eigenvalue weighted by Gasteiger charge is 2.40. The maximum Gasteiger partial charge on any atom is 0.247 e. The van der Waals surface area contributed by atoms with Crippen LogP contribution in [0.25, 0.3) is 0 Å². The molecule has 6 nitrogen and oxygen atoms in total. The highest BCUT2D eigenvalue weighted by Crippen LogP contribution is 2.30. The number of amides is 3. The van der Waals surface area contributed by atoms with Crippen LogP contribution in [0.1, 0.15) is 39.0 Å². The largest absolute Gasteiger partial charge is 0.494 e. The van der Waals surface area contributed by atoms with Gasteiger partial charge in [0.15, 0.2) is 0 Å². The van der Waals surface area contributed by atoms with Crippen molar-refractivity contribution in [1.82, 2.24) is 0 Å². The van der Waals surface area contributed by atoms with Crippen molar-refractivity contribution >= 4 is 40.9 Å². The standard InChI is InChI=1S/C24H27FN2O4S/c1-2-3-4-5-14-31-20-12-10-19(11-13-20)27-23(29)15-21(24(27)30)32-16-22(28)26-18-8-6-17(25)7-9-18/h6-13,21H,2-5,14-16H2,1H3,(H,26,28)/t21-/m0/s1. The molecule has 1 heterocycles. The third-order valence-electron chi connectivity index (χ3n) is 5.01. The number of ether oxygens (including phenoxy) is 1. The number of thioether (sulfide) groups is 1. The lowest BCUT2D eigenvalue weighted by atomic mass is 10.2.